The molecule has 0 spiro atoms. The number of nitrogens with zero attached hydrogens (tertiary/aromatic N) is 4. The fourth-order valence-electron chi connectivity index (χ4n) is 1.70. The van der Waals surface area contributed by atoms with Crippen LogP contribution in [0, 0.1) is 5.92 Å². The first kappa shape index (κ1) is 14.9. The standard InChI is InChI=1S/C13H16N4OS2/c1-9(8-19-3)12(18)17(2)13-16-15-11(20-13)10-5-4-6-14-7-10/h4-7,9H,8H2,1-3H3. The summed E-state index contributed by atoms with van der Waals surface area (Å²) in [6.07, 6.45) is 5.45. The van der Waals surface area contributed by atoms with Crippen molar-refractivity contribution >= 4 is 34.1 Å². The molecule has 0 aliphatic carbocycles. The number of pyridine rings is 1. The molecular weight excluding hydrogens is 292 g/mol. The summed E-state index contributed by atoms with van der Waals surface area (Å²) in [5.74, 6) is 0.839. The van der Waals surface area contributed by atoms with Crippen molar-refractivity contribution in [2.45, 2.75) is 6.92 Å². The van der Waals surface area contributed by atoms with Crippen LogP contribution in [0.1, 0.15) is 6.92 Å². The Morgan fingerprint density at radius 1 is 1.50 bits per heavy atom. The van der Waals surface area contributed by atoms with Gasteiger partial charge >= 0.3 is 0 Å². The molecule has 2 rings (SSSR count). The van der Waals surface area contributed by atoms with Gasteiger partial charge in [-0.3, -0.25) is 14.7 Å². The molecule has 5 nitrogen and oxygen atoms in total. The molecule has 2 heterocycles. The molecule has 1 unspecified atom stereocenters. The first-order chi connectivity index (χ1) is 9.63. The van der Waals surface area contributed by atoms with Gasteiger partial charge in [-0.15, -0.1) is 10.2 Å². The number of amides is 1. The summed E-state index contributed by atoms with van der Waals surface area (Å²) in [4.78, 5) is 17.9. The van der Waals surface area contributed by atoms with E-state index in [1.54, 1.807) is 36.1 Å². The van der Waals surface area contributed by atoms with Crippen molar-refractivity contribution in [1.29, 1.82) is 0 Å². The Hall–Kier alpha value is -1.47. The number of rotatable bonds is 5. The van der Waals surface area contributed by atoms with Crippen LogP contribution in [0.25, 0.3) is 10.6 Å². The Labute approximate surface area is 126 Å². The molecule has 0 aliphatic heterocycles. The maximum atomic E-state index is 12.2. The predicted molar refractivity (Wildman–Crippen MR) is 84.1 cm³/mol. The summed E-state index contributed by atoms with van der Waals surface area (Å²) >= 11 is 3.06. The highest BCUT2D eigenvalue weighted by atomic mass is 32.2. The van der Waals surface area contributed by atoms with Gasteiger partial charge in [-0.2, -0.15) is 11.8 Å². The Kier molecular flexibility index (Phi) is 5.08. The summed E-state index contributed by atoms with van der Waals surface area (Å²) in [6.45, 7) is 1.93. The molecule has 2 aromatic heterocycles. The number of thioether (sulfide) groups is 1. The van der Waals surface area contributed by atoms with Crippen molar-refractivity contribution in [2.75, 3.05) is 24.0 Å². The van der Waals surface area contributed by atoms with Crippen molar-refractivity contribution in [3.05, 3.63) is 24.5 Å². The number of hydrogen-bond acceptors (Lipinski definition) is 6. The molecule has 0 fully saturated rings. The Balaban J connectivity index is 2.14. The van der Waals surface area contributed by atoms with Crippen molar-refractivity contribution in [1.82, 2.24) is 15.2 Å². The molecule has 0 radical (unpaired) electrons. The van der Waals surface area contributed by atoms with E-state index in [-0.39, 0.29) is 11.8 Å². The topological polar surface area (TPSA) is 59.0 Å². The van der Waals surface area contributed by atoms with Crippen LogP contribution in [-0.4, -0.2) is 40.1 Å². The molecule has 0 aromatic carbocycles. The lowest BCUT2D eigenvalue weighted by atomic mass is 10.2. The maximum absolute atomic E-state index is 12.2. The number of carbonyl (C=O) groups excluding carboxylic acids is 1. The molecule has 0 bridgehead atoms. The van der Waals surface area contributed by atoms with E-state index in [2.05, 4.69) is 15.2 Å². The van der Waals surface area contributed by atoms with E-state index in [1.165, 1.54) is 11.3 Å². The average molecular weight is 308 g/mol. The second-order valence-electron chi connectivity index (χ2n) is 4.39. The molecule has 2 aromatic rings. The zero-order valence-electron chi connectivity index (χ0n) is 11.6. The largest absolute Gasteiger partial charge is 0.290 e. The lowest BCUT2D eigenvalue weighted by Crippen LogP contribution is -2.32. The molecule has 7 heteroatoms. The van der Waals surface area contributed by atoms with Crippen molar-refractivity contribution in [3.63, 3.8) is 0 Å². The fraction of sp³-hybridized carbons (Fsp3) is 0.385. The Bertz CT molecular complexity index is 573. The van der Waals surface area contributed by atoms with Gasteiger partial charge in [0, 0.05) is 36.7 Å². The van der Waals surface area contributed by atoms with Gasteiger partial charge < -0.3 is 0 Å². The van der Waals surface area contributed by atoms with E-state index in [1.807, 2.05) is 25.3 Å². The van der Waals surface area contributed by atoms with Crippen molar-refractivity contribution < 1.29 is 4.79 Å². The third kappa shape index (κ3) is 3.34. The third-order valence-corrected chi connectivity index (χ3v) is 4.66. The van der Waals surface area contributed by atoms with Crippen LogP contribution in [0.2, 0.25) is 0 Å². The highest BCUT2D eigenvalue weighted by Crippen LogP contribution is 2.28. The Morgan fingerprint density at radius 2 is 2.30 bits per heavy atom. The van der Waals surface area contributed by atoms with Crippen molar-refractivity contribution in [2.24, 2.45) is 5.92 Å². The summed E-state index contributed by atoms with van der Waals surface area (Å²) in [5, 5.41) is 9.60. The molecule has 0 saturated heterocycles. The minimum absolute atomic E-state index is 0.0271. The quantitative estimate of drug-likeness (QED) is 0.849. The highest BCUT2D eigenvalue weighted by Gasteiger charge is 2.21. The molecule has 0 aliphatic rings. The Morgan fingerprint density at radius 3 is 2.95 bits per heavy atom. The second-order valence-corrected chi connectivity index (χ2v) is 6.25. The molecule has 0 saturated carbocycles. The fourth-order valence-corrected chi connectivity index (χ4v) is 3.15. The summed E-state index contributed by atoms with van der Waals surface area (Å²) in [5.41, 5.74) is 0.911. The first-order valence-corrected chi connectivity index (χ1v) is 8.35. The minimum Gasteiger partial charge on any atom is -0.290 e. The summed E-state index contributed by atoms with van der Waals surface area (Å²) < 4.78 is 0. The number of anilines is 1. The van der Waals surface area contributed by atoms with Crippen LogP contribution in [0.15, 0.2) is 24.5 Å². The summed E-state index contributed by atoms with van der Waals surface area (Å²) in [7, 11) is 1.74. The van der Waals surface area contributed by atoms with Gasteiger partial charge in [0.05, 0.1) is 0 Å². The highest BCUT2D eigenvalue weighted by molar-refractivity contribution is 7.98. The molecule has 106 valence electrons. The predicted octanol–water partition coefficient (Wildman–Crippen LogP) is 2.56. The zero-order valence-corrected chi connectivity index (χ0v) is 13.2. The van der Waals surface area contributed by atoms with E-state index in [0.717, 1.165) is 16.3 Å². The SMILES string of the molecule is CSCC(C)C(=O)N(C)c1nnc(-c2cccnc2)s1. The smallest absolute Gasteiger partial charge is 0.232 e. The van der Waals surface area contributed by atoms with Gasteiger partial charge in [0.25, 0.3) is 0 Å². The number of carbonyl (C=O) groups is 1. The van der Waals surface area contributed by atoms with Crippen LogP contribution >= 0.6 is 23.1 Å². The van der Waals surface area contributed by atoms with Gasteiger partial charge in [-0.25, -0.2) is 0 Å². The average Bonchev–Trinajstić information content (AvgIpc) is 2.96. The molecule has 1 atom stereocenters. The van der Waals surface area contributed by atoms with Gasteiger partial charge in [0.2, 0.25) is 11.0 Å². The first-order valence-electron chi connectivity index (χ1n) is 6.14. The lowest BCUT2D eigenvalue weighted by Gasteiger charge is -2.17. The van der Waals surface area contributed by atoms with Crippen LogP contribution < -0.4 is 4.90 Å². The van der Waals surface area contributed by atoms with E-state index < -0.39 is 0 Å². The summed E-state index contributed by atoms with van der Waals surface area (Å²) in [6, 6.07) is 3.78. The van der Waals surface area contributed by atoms with Gasteiger partial charge in [-0.1, -0.05) is 18.3 Å². The normalized spacial score (nSPS) is 12.2. The van der Waals surface area contributed by atoms with Gasteiger partial charge in [0.15, 0.2) is 5.01 Å². The maximum Gasteiger partial charge on any atom is 0.232 e. The third-order valence-electron chi connectivity index (χ3n) is 2.78. The number of aromatic nitrogens is 3. The molecular formula is C13H16N4OS2. The molecule has 0 N–H and O–H groups in total. The van der Waals surface area contributed by atoms with E-state index in [9.17, 15) is 4.79 Å². The van der Waals surface area contributed by atoms with E-state index in [4.69, 9.17) is 0 Å². The van der Waals surface area contributed by atoms with Crippen molar-refractivity contribution in [3.8, 4) is 10.6 Å². The van der Waals surface area contributed by atoms with Crippen LogP contribution in [-0.2, 0) is 4.79 Å². The van der Waals surface area contributed by atoms with Crippen LogP contribution in [0.3, 0.4) is 0 Å². The van der Waals surface area contributed by atoms with Crippen LogP contribution in [0.5, 0.6) is 0 Å². The lowest BCUT2D eigenvalue weighted by molar-refractivity contribution is -0.120. The molecule has 1 amide bonds. The second kappa shape index (κ2) is 6.81. The molecule has 20 heavy (non-hydrogen) atoms. The zero-order chi connectivity index (χ0) is 14.5. The van der Waals surface area contributed by atoms with Gasteiger partial charge in [0.1, 0.15) is 0 Å². The van der Waals surface area contributed by atoms with E-state index >= 15 is 0 Å². The minimum atomic E-state index is -0.0271. The van der Waals surface area contributed by atoms with E-state index in [0.29, 0.717) is 5.13 Å². The van der Waals surface area contributed by atoms with Gasteiger partial charge in [-0.05, 0) is 18.4 Å². The van der Waals surface area contributed by atoms with Crippen LogP contribution in [0.4, 0.5) is 5.13 Å². The monoisotopic (exact) mass is 308 g/mol. The number of hydrogen-bond donors (Lipinski definition) is 0.